The van der Waals surface area contributed by atoms with Crippen LogP contribution in [-0.2, 0) is 4.79 Å². The van der Waals surface area contributed by atoms with Gasteiger partial charge in [0.2, 0.25) is 5.91 Å². The Morgan fingerprint density at radius 1 is 1.18 bits per heavy atom. The first kappa shape index (κ1) is 10.1. The van der Waals surface area contributed by atoms with E-state index >= 15 is 0 Å². The molecule has 2 nitrogen and oxygen atoms in total. The van der Waals surface area contributed by atoms with Crippen LogP contribution in [-0.4, -0.2) is 18.0 Å². The monoisotopic (exact) mass is 176 g/mol. The first-order chi connectivity index (χ1) is 4.67. The van der Waals surface area contributed by atoms with E-state index in [9.17, 15) is 26.7 Å². The van der Waals surface area contributed by atoms with Gasteiger partial charge in [-0.15, -0.1) is 0 Å². The summed E-state index contributed by atoms with van der Waals surface area (Å²) < 4.78 is 57.1. The number of rotatable bonds is 2. The maximum Gasteiger partial charge on any atom is 0.453 e. The van der Waals surface area contributed by atoms with Crippen LogP contribution in [0.4, 0.5) is 22.0 Å². The lowest BCUT2D eigenvalue weighted by Gasteiger charge is -2.16. The van der Waals surface area contributed by atoms with Crippen molar-refractivity contribution in [3.63, 3.8) is 0 Å². The molecule has 0 saturated carbocycles. The first-order valence-corrected chi connectivity index (χ1v) is 2.36. The van der Waals surface area contributed by atoms with Gasteiger partial charge in [-0.2, -0.15) is 22.0 Å². The molecule has 0 fully saturated rings. The molecule has 0 aromatic heterocycles. The maximum atomic E-state index is 11.7. The van der Waals surface area contributed by atoms with Gasteiger partial charge in [0, 0.05) is 0 Å². The highest BCUT2D eigenvalue weighted by molar-refractivity contribution is 5.73. The van der Waals surface area contributed by atoms with E-state index < -0.39 is 24.4 Å². The van der Waals surface area contributed by atoms with Gasteiger partial charge in [-0.25, -0.2) is 0 Å². The Hall–Kier alpha value is -0.880. The van der Waals surface area contributed by atoms with Crippen LogP contribution in [0.2, 0.25) is 0 Å². The lowest BCUT2D eigenvalue weighted by atomic mass is 10.2. The third-order valence-corrected chi connectivity index (χ3v) is 0.797. The SMILES string of the molecule is [NH]C(=O)CC(F)(F)C(F)(F)F. The summed E-state index contributed by atoms with van der Waals surface area (Å²) in [6, 6.07) is 0. The van der Waals surface area contributed by atoms with E-state index in [0.717, 1.165) is 0 Å². The first-order valence-electron chi connectivity index (χ1n) is 2.36. The molecule has 0 saturated heterocycles. The average Bonchev–Trinajstić information content (AvgIpc) is 1.56. The van der Waals surface area contributed by atoms with E-state index in [0.29, 0.717) is 0 Å². The summed E-state index contributed by atoms with van der Waals surface area (Å²) >= 11 is 0. The molecule has 0 aliphatic carbocycles. The molecule has 0 aromatic carbocycles. The number of hydrogen-bond acceptors (Lipinski definition) is 1. The molecule has 0 aromatic rings. The lowest BCUT2D eigenvalue weighted by molar-refractivity contribution is -0.281. The Kier molecular flexibility index (Phi) is 2.42. The summed E-state index contributed by atoms with van der Waals surface area (Å²) in [5.74, 6) is -7.02. The fourth-order valence-corrected chi connectivity index (χ4v) is 0.302. The molecule has 11 heavy (non-hydrogen) atoms. The maximum absolute atomic E-state index is 11.7. The van der Waals surface area contributed by atoms with Gasteiger partial charge in [0.25, 0.3) is 0 Å². The van der Waals surface area contributed by atoms with Gasteiger partial charge in [-0.1, -0.05) is 0 Å². The number of amides is 1. The van der Waals surface area contributed by atoms with Crippen molar-refractivity contribution in [2.24, 2.45) is 0 Å². The zero-order valence-electron chi connectivity index (χ0n) is 5.01. The van der Waals surface area contributed by atoms with Crippen molar-refractivity contribution in [2.45, 2.75) is 18.5 Å². The molecule has 1 N–H and O–H groups in total. The van der Waals surface area contributed by atoms with Crippen molar-refractivity contribution in [3.05, 3.63) is 0 Å². The van der Waals surface area contributed by atoms with E-state index in [2.05, 4.69) is 0 Å². The molecule has 1 radical (unpaired) electrons. The van der Waals surface area contributed by atoms with Crippen molar-refractivity contribution in [1.82, 2.24) is 5.73 Å². The van der Waals surface area contributed by atoms with E-state index in [1.165, 1.54) is 0 Å². The molecule has 65 valence electrons. The summed E-state index contributed by atoms with van der Waals surface area (Å²) in [7, 11) is 0. The van der Waals surface area contributed by atoms with Gasteiger partial charge in [-0.3, -0.25) is 10.5 Å². The molecule has 0 spiro atoms. The standard InChI is InChI=1S/C4H3F5NO/c5-3(6,1-2(10)11)4(7,8)9/h10H,1H2. The second-order valence-electron chi connectivity index (χ2n) is 1.80. The van der Waals surface area contributed by atoms with Crippen LogP contribution < -0.4 is 5.73 Å². The van der Waals surface area contributed by atoms with E-state index in [1.807, 2.05) is 0 Å². The van der Waals surface area contributed by atoms with Crippen molar-refractivity contribution in [1.29, 1.82) is 0 Å². The normalized spacial score (nSPS) is 13.2. The Morgan fingerprint density at radius 2 is 1.55 bits per heavy atom. The summed E-state index contributed by atoms with van der Waals surface area (Å²) in [5, 5.41) is 0. The number of carbonyl (C=O) groups excluding carboxylic acids is 1. The number of alkyl halides is 5. The predicted octanol–water partition coefficient (Wildman–Crippen LogP) is 1.38. The molecule has 0 atom stereocenters. The second kappa shape index (κ2) is 2.63. The van der Waals surface area contributed by atoms with Gasteiger partial charge >= 0.3 is 12.1 Å². The highest BCUT2D eigenvalue weighted by Crippen LogP contribution is 2.37. The minimum absolute atomic E-state index is 1.94. The molecule has 0 heterocycles. The van der Waals surface area contributed by atoms with Crippen LogP contribution in [0.1, 0.15) is 6.42 Å². The number of hydrogen-bond donors (Lipinski definition) is 0. The summed E-state index contributed by atoms with van der Waals surface area (Å²) in [5.41, 5.74) is 5.89. The number of halogens is 5. The minimum atomic E-state index is -5.75. The van der Waals surface area contributed by atoms with Crippen LogP contribution in [0.15, 0.2) is 0 Å². The van der Waals surface area contributed by atoms with Crippen molar-refractivity contribution >= 4 is 5.91 Å². The quantitative estimate of drug-likeness (QED) is 0.586. The molecular weight excluding hydrogens is 173 g/mol. The molecule has 0 aliphatic rings. The van der Waals surface area contributed by atoms with Gasteiger partial charge < -0.3 is 0 Å². The van der Waals surface area contributed by atoms with Crippen LogP contribution in [0.5, 0.6) is 0 Å². The molecule has 0 bridgehead atoms. The van der Waals surface area contributed by atoms with Crippen LogP contribution in [0.3, 0.4) is 0 Å². The lowest BCUT2D eigenvalue weighted by Crippen LogP contribution is -2.38. The van der Waals surface area contributed by atoms with Gasteiger partial charge in [0.05, 0.1) is 0 Å². The fraction of sp³-hybridized carbons (Fsp3) is 0.750. The highest BCUT2D eigenvalue weighted by Gasteiger charge is 2.58. The molecule has 0 unspecified atom stereocenters. The molecule has 7 heteroatoms. The summed E-state index contributed by atoms with van der Waals surface area (Å²) in [6.45, 7) is 0. The van der Waals surface area contributed by atoms with Gasteiger partial charge in [-0.05, 0) is 0 Å². The van der Waals surface area contributed by atoms with E-state index in [-0.39, 0.29) is 0 Å². The van der Waals surface area contributed by atoms with Crippen LogP contribution in [0, 0.1) is 0 Å². The largest absolute Gasteiger partial charge is 0.453 e. The van der Waals surface area contributed by atoms with E-state index in [4.69, 9.17) is 5.73 Å². The Balaban J connectivity index is 4.34. The van der Waals surface area contributed by atoms with Gasteiger partial charge in [0.1, 0.15) is 6.42 Å². The second-order valence-corrected chi connectivity index (χ2v) is 1.80. The van der Waals surface area contributed by atoms with Crippen LogP contribution >= 0.6 is 0 Å². The van der Waals surface area contributed by atoms with E-state index in [1.54, 1.807) is 0 Å². The Morgan fingerprint density at radius 3 is 1.64 bits per heavy atom. The van der Waals surface area contributed by atoms with Gasteiger partial charge in [0.15, 0.2) is 0 Å². The average molecular weight is 176 g/mol. The Bertz CT molecular complexity index is 162. The molecule has 1 amide bonds. The number of nitrogens with one attached hydrogen (secondary N) is 1. The summed E-state index contributed by atoms with van der Waals surface area (Å²) in [6.07, 6.45) is -7.86. The smallest absolute Gasteiger partial charge is 0.273 e. The predicted molar refractivity (Wildman–Crippen MR) is 23.7 cm³/mol. The zero-order chi connectivity index (χ0) is 9.28. The molecular formula is C4H3F5NO. The minimum Gasteiger partial charge on any atom is -0.273 e. The molecule has 0 aliphatic heterocycles. The van der Waals surface area contributed by atoms with Crippen molar-refractivity contribution in [2.75, 3.05) is 0 Å². The van der Waals surface area contributed by atoms with Crippen molar-refractivity contribution < 1.29 is 26.7 Å². The highest BCUT2D eigenvalue weighted by atomic mass is 19.4. The molecule has 0 rings (SSSR count). The topological polar surface area (TPSA) is 40.9 Å². The third kappa shape index (κ3) is 2.69. The third-order valence-electron chi connectivity index (χ3n) is 0.797. The fourth-order valence-electron chi connectivity index (χ4n) is 0.302. The van der Waals surface area contributed by atoms with Crippen LogP contribution in [0.25, 0.3) is 0 Å². The summed E-state index contributed by atoms with van der Waals surface area (Å²) in [4.78, 5) is 9.59. The zero-order valence-corrected chi connectivity index (χ0v) is 5.01. The van der Waals surface area contributed by atoms with Crippen molar-refractivity contribution in [3.8, 4) is 0 Å². The number of carbonyl (C=O) groups is 1. The Labute approximate surface area is 58.2 Å².